The van der Waals surface area contributed by atoms with Gasteiger partial charge in [0.25, 0.3) is 0 Å². The third-order valence-electron chi connectivity index (χ3n) is 3.41. The zero-order chi connectivity index (χ0) is 20.4. The monoisotopic (exact) mass is 470 g/mol. The topological polar surface area (TPSA) is 38.4 Å². The number of nitrogen functional groups attached to an aromatic ring is 1. The van der Waals surface area contributed by atoms with Crippen molar-refractivity contribution in [1.29, 1.82) is 0 Å². The summed E-state index contributed by atoms with van der Waals surface area (Å²) < 4.78 is 77.0. The van der Waals surface area contributed by atoms with Gasteiger partial charge in [-0.2, -0.15) is 26.3 Å². The molecule has 0 amide bonds. The Bertz CT molecular complexity index is 861. The number of hydrogen-bond acceptors (Lipinski definition) is 3. The number of nitrogens with zero attached hydrogens (tertiary/aromatic N) is 1. The fraction of sp³-hybridized carbons (Fsp3) is 0.235. The molecule has 0 bridgehead atoms. The Hall–Kier alpha value is -1.68. The third-order valence-corrected chi connectivity index (χ3v) is 4.94. The lowest BCUT2D eigenvalue weighted by Gasteiger charge is -2.12. The summed E-state index contributed by atoms with van der Waals surface area (Å²) >= 11 is 4.32. The molecule has 0 heterocycles. The maximum absolute atomic E-state index is 12.9. The first kappa shape index (κ1) is 21.6. The van der Waals surface area contributed by atoms with Crippen LogP contribution in [0.15, 0.2) is 46.3 Å². The van der Waals surface area contributed by atoms with E-state index in [1.807, 2.05) is 0 Å². The van der Waals surface area contributed by atoms with Gasteiger partial charge >= 0.3 is 12.4 Å². The van der Waals surface area contributed by atoms with Crippen LogP contribution in [0.5, 0.6) is 0 Å². The Morgan fingerprint density at radius 1 is 1.00 bits per heavy atom. The molecule has 0 saturated heterocycles. The van der Waals surface area contributed by atoms with E-state index in [4.69, 9.17) is 5.73 Å². The number of hydrogen-bond donors (Lipinski definition) is 1. The molecule has 27 heavy (non-hydrogen) atoms. The van der Waals surface area contributed by atoms with E-state index < -0.39 is 23.5 Å². The van der Waals surface area contributed by atoms with Gasteiger partial charge in [0, 0.05) is 16.1 Å². The second-order valence-electron chi connectivity index (χ2n) is 5.32. The van der Waals surface area contributed by atoms with Crippen molar-refractivity contribution in [2.45, 2.75) is 24.2 Å². The first-order chi connectivity index (χ1) is 12.4. The molecule has 2 aromatic rings. The van der Waals surface area contributed by atoms with Gasteiger partial charge in [-0.1, -0.05) is 6.92 Å². The van der Waals surface area contributed by atoms with Crippen LogP contribution in [0.25, 0.3) is 0 Å². The fourth-order valence-corrected chi connectivity index (χ4v) is 3.48. The molecule has 2 rings (SSSR count). The maximum atomic E-state index is 12.9. The minimum atomic E-state index is -4.53. The van der Waals surface area contributed by atoms with Crippen molar-refractivity contribution >= 4 is 43.7 Å². The van der Waals surface area contributed by atoms with Gasteiger partial charge < -0.3 is 5.73 Å². The summed E-state index contributed by atoms with van der Waals surface area (Å²) in [6.07, 6.45) is -9.02. The smallest absolute Gasteiger partial charge is 0.398 e. The molecular formula is C17H13BrF6N2S. The molecule has 10 heteroatoms. The zero-order valence-corrected chi connectivity index (χ0v) is 16.2. The molecule has 0 aromatic heterocycles. The SMILES string of the molecule is CCSc1cc(C(F)(F)F)ccc1N=C(Br)c1ccc(C(F)(F)F)cc1N. The van der Waals surface area contributed by atoms with Gasteiger partial charge in [-0.3, -0.25) is 0 Å². The number of thioether (sulfide) groups is 1. The van der Waals surface area contributed by atoms with E-state index >= 15 is 0 Å². The molecule has 0 aliphatic carbocycles. The van der Waals surface area contributed by atoms with Crippen molar-refractivity contribution in [1.82, 2.24) is 0 Å². The molecule has 146 valence electrons. The summed E-state index contributed by atoms with van der Waals surface area (Å²) in [5, 5.41) is 0. The minimum absolute atomic E-state index is 0.117. The number of nitrogens with two attached hydrogens (primary N) is 1. The molecule has 2 N–H and O–H groups in total. The molecule has 0 aliphatic heterocycles. The largest absolute Gasteiger partial charge is 0.416 e. The number of anilines is 1. The molecule has 2 nitrogen and oxygen atoms in total. The van der Waals surface area contributed by atoms with E-state index in [2.05, 4.69) is 20.9 Å². The van der Waals surface area contributed by atoms with Crippen LogP contribution in [0.2, 0.25) is 0 Å². The number of halogens is 7. The average molecular weight is 471 g/mol. The summed E-state index contributed by atoms with van der Waals surface area (Å²) in [5.41, 5.74) is 4.28. The highest BCUT2D eigenvalue weighted by Gasteiger charge is 2.32. The Balaban J connectivity index is 2.46. The number of rotatable bonds is 4. The molecule has 2 aromatic carbocycles. The summed E-state index contributed by atoms with van der Waals surface area (Å²) in [7, 11) is 0. The van der Waals surface area contributed by atoms with Crippen LogP contribution in [0.4, 0.5) is 37.7 Å². The first-order valence-corrected chi connectivity index (χ1v) is 9.26. The van der Waals surface area contributed by atoms with Crippen molar-refractivity contribution in [2.75, 3.05) is 11.5 Å². The Kier molecular flexibility index (Phi) is 6.51. The lowest BCUT2D eigenvalue weighted by atomic mass is 10.1. The molecule has 0 unspecified atom stereocenters. The van der Waals surface area contributed by atoms with E-state index in [1.165, 1.54) is 17.8 Å². The zero-order valence-electron chi connectivity index (χ0n) is 13.7. The fourth-order valence-electron chi connectivity index (χ4n) is 2.15. The summed E-state index contributed by atoms with van der Waals surface area (Å²) in [5.74, 6) is 0.518. The number of aliphatic imine (C=N–C) groups is 1. The van der Waals surface area contributed by atoms with Crippen molar-refractivity contribution < 1.29 is 26.3 Å². The van der Waals surface area contributed by atoms with Gasteiger partial charge in [0.15, 0.2) is 0 Å². The first-order valence-electron chi connectivity index (χ1n) is 7.48. The molecule has 0 spiro atoms. The number of alkyl halides is 6. The summed E-state index contributed by atoms with van der Waals surface area (Å²) in [6.45, 7) is 1.78. The van der Waals surface area contributed by atoms with Crippen LogP contribution in [0.1, 0.15) is 23.6 Å². The molecule has 0 saturated carbocycles. The lowest BCUT2D eigenvalue weighted by molar-refractivity contribution is -0.138. The van der Waals surface area contributed by atoms with Crippen molar-refractivity contribution in [3.8, 4) is 0 Å². The second-order valence-corrected chi connectivity index (χ2v) is 7.37. The lowest BCUT2D eigenvalue weighted by Crippen LogP contribution is -2.07. The van der Waals surface area contributed by atoms with Gasteiger partial charge in [-0.25, -0.2) is 4.99 Å². The summed E-state index contributed by atoms with van der Waals surface area (Å²) in [4.78, 5) is 4.51. The van der Waals surface area contributed by atoms with Gasteiger partial charge in [0.2, 0.25) is 0 Å². The van der Waals surface area contributed by atoms with Crippen LogP contribution in [0, 0.1) is 0 Å². The van der Waals surface area contributed by atoms with Crippen molar-refractivity contribution in [2.24, 2.45) is 4.99 Å². The highest BCUT2D eigenvalue weighted by molar-refractivity contribution is 9.18. The Labute approximate surface area is 164 Å². The highest BCUT2D eigenvalue weighted by Crippen LogP contribution is 2.38. The second kappa shape index (κ2) is 8.14. The molecule has 0 atom stereocenters. The minimum Gasteiger partial charge on any atom is -0.398 e. The standard InChI is InChI=1S/C17H13BrF6N2S/c1-2-27-14-8-10(17(22,23)24)4-6-13(14)26-15(18)11-5-3-9(7-12(11)25)16(19,20)21/h3-8H,2,25H2,1H3. The maximum Gasteiger partial charge on any atom is 0.416 e. The van der Waals surface area contributed by atoms with Crippen LogP contribution >= 0.6 is 27.7 Å². The quantitative estimate of drug-likeness (QED) is 0.228. The van der Waals surface area contributed by atoms with Gasteiger partial charge in [0.1, 0.15) is 4.62 Å². The summed E-state index contributed by atoms with van der Waals surface area (Å²) in [6, 6.07) is 5.89. The Morgan fingerprint density at radius 2 is 1.56 bits per heavy atom. The predicted molar refractivity (Wildman–Crippen MR) is 98.8 cm³/mol. The van der Waals surface area contributed by atoms with E-state index in [0.29, 0.717) is 10.6 Å². The van der Waals surface area contributed by atoms with E-state index in [1.54, 1.807) is 6.92 Å². The normalized spacial score (nSPS) is 13.1. The van der Waals surface area contributed by atoms with Crippen LogP contribution < -0.4 is 5.73 Å². The highest BCUT2D eigenvalue weighted by atomic mass is 79.9. The molecule has 0 aliphatic rings. The number of benzene rings is 2. The Morgan fingerprint density at radius 3 is 2.07 bits per heavy atom. The van der Waals surface area contributed by atoms with E-state index in [0.717, 1.165) is 30.3 Å². The van der Waals surface area contributed by atoms with Crippen LogP contribution in [0.3, 0.4) is 0 Å². The van der Waals surface area contributed by atoms with Gasteiger partial charge in [-0.15, -0.1) is 11.8 Å². The molecular weight excluding hydrogens is 458 g/mol. The van der Waals surface area contributed by atoms with Crippen molar-refractivity contribution in [3.05, 3.63) is 53.1 Å². The molecule has 0 fully saturated rings. The van der Waals surface area contributed by atoms with Crippen LogP contribution in [-0.2, 0) is 12.4 Å². The van der Waals surface area contributed by atoms with Crippen molar-refractivity contribution in [3.63, 3.8) is 0 Å². The van der Waals surface area contributed by atoms with Crippen LogP contribution in [-0.4, -0.2) is 10.4 Å². The van der Waals surface area contributed by atoms with E-state index in [9.17, 15) is 26.3 Å². The third kappa shape index (κ3) is 5.41. The molecule has 0 radical (unpaired) electrons. The predicted octanol–water partition coefficient (Wildman–Crippen LogP) is 6.89. The van der Waals surface area contributed by atoms with Gasteiger partial charge in [-0.05, 0) is 58.1 Å². The average Bonchev–Trinajstić information content (AvgIpc) is 2.54. The van der Waals surface area contributed by atoms with E-state index in [-0.39, 0.29) is 21.6 Å². The van der Waals surface area contributed by atoms with Gasteiger partial charge in [0.05, 0.1) is 16.8 Å².